The highest BCUT2D eigenvalue weighted by atomic mass is 79.9. The molecule has 0 unspecified atom stereocenters. The fourth-order valence-corrected chi connectivity index (χ4v) is 3.42. The fourth-order valence-electron chi connectivity index (χ4n) is 2.14. The van der Waals surface area contributed by atoms with E-state index in [4.69, 9.17) is 9.47 Å². The number of amides is 2. The SMILES string of the molecule is CCOC(=O)[C@H](C)N1C(=O)S/C(=C/c2cc(Br)ccc2OC)C1=O. The molecule has 2 rings (SSSR count). The van der Waals surface area contributed by atoms with Gasteiger partial charge in [-0.1, -0.05) is 15.9 Å². The minimum absolute atomic E-state index is 0.185. The molecule has 1 atom stereocenters. The minimum Gasteiger partial charge on any atom is -0.496 e. The highest BCUT2D eigenvalue weighted by Crippen LogP contribution is 2.35. The average Bonchev–Trinajstić information content (AvgIpc) is 2.81. The van der Waals surface area contributed by atoms with Gasteiger partial charge < -0.3 is 9.47 Å². The zero-order chi connectivity index (χ0) is 17.9. The van der Waals surface area contributed by atoms with Crippen LogP contribution in [0.4, 0.5) is 4.79 Å². The van der Waals surface area contributed by atoms with Gasteiger partial charge in [0.2, 0.25) is 0 Å². The molecule has 1 saturated heterocycles. The van der Waals surface area contributed by atoms with Gasteiger partial charge >= 0.3 is 5.97 Å². The Morgan fingerprint density at radius 3 is 2.75 bits per heavy atom. The molecular weight excluding hydrogens is 398 g/mol. The van der Waals surface area contributed by atoms with Gasteiger partial charge in [0.05, 0.1) is 18.6 Å². The van der Waals surface area contributed by atoms with Crippen LogP contribution in [-0.4, -0.2) is 41.8 Å². The van der Waals surface area contributed by atoms with Gasteiger partial charge in [-0.3, -0.25) is 14.5 Å². The van der Waals surface area contributed by atoms with E-state index in [2.05, 4.69) is 15.9 Å². The van der Waals surface area contributed by atoms with Crippen molar-refractivity contribution in [3.63, 3.8) is 0 Å². The molecule has 1 aliphatic rings. The molecule has 0 radical (unpaired) electrons. The lowest BCUT2D eigenvalue weighted by atomic mass is 10.2. The third kappa shape index (κ3) is 3.81. The van der Waals surface area contributed by atoms with E-state index in [-0.39, 0.29) is 11.5 Å². The van der Waals surface area contributed by atoms with E-state index in [9.17, 15) is 14.4 Å². The Morgan fingerprint density at radius 2 is 2.12 bits per heavy atom. The van der Waals surface area contributed by atoms with E-state index in [1.54, 1.807) is 25.1 Å². The number of benzene rings is 1. The molecule has 0 aliphatic carbocycles. The maximum Gasteiger partial charge on any atom is 0.329 e. The maximum absolute atomic E-state index is 12.5. The third-order valence-electron chi connectivity index (χ3n) is 3.32. The van der Waals surface area contributed by atoms with Crippen molar-refractivity contribution in [3.05, 3.63) is 33.1 Å². The number of thioether (sulfide) groups is 1. The molecule has 6 nitrogen and oxygen atoms in total. The number of hydrogen-bond acceptors (Lipinski definition) is 6. The Labute approximate surface area is 152 Å². The number of methoxy groups -OCH3 is 1. The van der Waals surface area contributed by atoms with Gasteiger partial charge in [-0.2, -0.15) is 0 Å². The topological polar surface area (TPSA) is 72.9 Å². The molecule has 8 heteroatoms. The first-order chi connectivity index (χ1) is 11.4. The molecule has 0 saturated carbocycles. The van der Waals surface area contributed by atoms with Crippen LogP contribution in [0.15, 0.2) is 27.6 Å². The van der Waals surface area contributed by atoms with Gasteiger partial charge in [-0.15, -0.1) is 0 Å². The number of carbonyl (C=O) groups excluding carboxylic acids is 3. The molecule has 24 heavy (non-hydrogen) atoms. The molecule has 0 N–H and O–H groups in total. The van der Waals surface area contributed by atoms with Crippen molar-refractivity contribution in [3.8, 4) is 5.75 Å². The molecule has 1 aliphatic heterocycles. The summed E-state index contributed by atoms with van der Waals surface area (Å²) in [5.74, 6) is -0.558. The summed E-state index contributed by atoms with van der Waals surface area (Å²) in [4.78, 5) is 37.6. The first-order valence-corrected chi connectivity index (χ1v) is 8.77. The van der Waals surface area contributed by atoms with Crippen LogP contribution in [0.2, 0.25) is 0 Å². The van der Waals surface area contributed by atoms with Crippen LogP contribution in [0.3, 0.4) is 0 Å². The lowest BCUT2D eigenvalue weighted by Crippen LogP contribution is -2.42. The van der Waals surface area contributed by atoms with E-state index < -0.39 is 23.2 Å². The number of hydrogen-bond donors (Lipinski definition) is 0. The summed E-state index contributed by atoms with van der Waals surface area (Å²) in [7, 11) is 1.52. The zero-order valence-electron chi connectivity index (χ0n) is 13.4. The number of esters is 1. The Bertz CT molecular complexity index is 718. The van der Waals surface area contributed by atoms with Crippen molar-refractivity contribution in [2.24, 2.45) is 0 Å². The number of ether oxygens (including phenoxy) is 2. The van der Waals surface area contributed by atoms with E-state index in [0.29, 0.717) is 11.3 Å². The summed E-state index contributed by atoms with van der Waals surface area (Å²) in [6.45, 7) is 3.32. The lowest BCUT2D eigenvalue weighted by Gasteiger charge is -2.19. The summed E-state index contributed by atoms with van der Waals surface area (Å²) in [5.41, 5.74) is 0.654. The van der Waals surface area contributed by atoms with Crippen LogP contribution in [-0.2, 0) is 14.3 Å². The lowest BCUT2D eigenvalue weighted by molar-refractivity contribution is -0.150. The molecule has 128 valence electrons. The highest BCUT2D eigenvalue weighted by molar-refractivity contribution is 9.10. The number of halogens is 1. The van der Waals surface area contributed by atoms with Gasteiger partial charge in [-0.25, -0.2) is 4.79 Å². The van der Waals surface area contributed by atoms with Gasteiger partial charge in [0.1, 0.15) is 11.8 Å². The van der Waals surface area contributed by atoms with E-state index in [1.165, 1.54) is 14.0 Å². The van der Waals surface area contributed by atoms with E-state index in [1.807, 2.05) is 6.07 Å². The maximum atomic E-state index is 12.5. The van der Waals surface area contributed by atoms with Crippen LogP contribution in [0.5, 0.6) is 5.75 Å². The molecule has 0 bridgehead atoms. The van der Waals surface area contributed by atoms with Gasteiger partial charge in [-0.05, 0) is 49.9 Å². The Balaban J connectivity index is 2.31. The van der Waals surface area contributed by atoms with Crippen LogP contribution in [0, 0.1) is 0 Å². The third-order valence-corrected chi connectivity index (χ3v) is 4.69. The predicted octanol–water partition coefficient (Wildman–Crippen LogP) is 3.45. The Hall–Kier alpha value is -1.80. The van der Waals surface area contributed by atoms with Crippen molar-refractivity contribution in [1.29, 1.82) is 0 Å². The summed E-state index contributed by atoms with van der Waals surface area (Å²) < 4.78 is 11.0. The Kier molecular flexibility index (Phi) is 6.06. The van der Waals surface area contributed by atoms with Crippen molar-refractivity contribution < 1.29 is 23.9 Å². The largest absolute Gasteiger partial charge is 0.496 e. The van der Waals surface area contributed by atoms with Gasteiger partial charge in [0.25, 0.3) is 11.1 Å². The predicted molar refractivity (Wildman–Crippen MR) is 94.6 cm³/mol. The summed E-state index contributed by atoms with van der Waals surface area (Å²) in [6, 6.07) is 4.38. The molecule has 0 aromatic heterocycles. The molecule has 1 fully saturated rings. The van der Waals surface area contributed by atoms with Crippen molar-refractivity contribution in [2.45, 2.75) is 19.9 Å². The second-order valence-corrected chi connectivity index (χ2v) is 6.77. The number of rotatable bonds is 5. The minimum atomic E-state index is -0.965. The van der Waals surface area contributed by atoms with E-state index in [0.717, 1.165) is 21.1 Å². The molecule has 1 heterocycles. The van der Waals surface area contributed by atoms with Crippen LogP contribution in [0.1, 0.15) is 19.4 Å². The zero-order valence-corrected chi connectivity index (χ0v) is 15.8. The second-order valence-electron chi connectivity index (χ2n) is 4.87. The van der Waals surface area contributed by atoms with Crippen molar-refractivity contribution in [2.75, 3.05) is 13.7 Å². The standard InChI is InChI=1S/C16H16BrNO5S/c1-4-23-15(20)9(2)18-14(19)13(24-16(18)21)8-10-7-11(17)5-6-12(10)22-3/h5-9H,4H2,1-3H3/b13-8+/t9-/m0/s1. The molecule has 2 amide bonds. The van der Waals surface area contributed by atoms with Gasteiger partial charge in [0, 0.05) is 10.0 Å². The van der Waals surface area contributed by atoms with Gasteiger partial charge in [0.15, 0.2) is 0 Å². The first-order valence-electron chi connectivity index (χ1n) is 7.16. The van der Waals surface area contributed by atoms with E-state index >= 15 is 0 Å². The van der Waals surface area contributed by atoms with Crippen LogP contribution >= 0.6 is 27.7 Å². The summed E-state index contributed by atoms with van der Waals surface area (Å²) in [6.07, 6.45) is 1.58. The Morgan fingerprint density at radius 1 is 1.42 bits per heavy atom. The fraction of sp³-hybridized carbons (Fsp3) is 0.312. The van der Waals surface area contributed by atoms with Crippen molar-refractivity contribution >= 4 is 50.9 Å². The van der Waals surface area contributed by atoms with Crippen LogP contribution in [0.25, 0.3) is 6.08 Å². The second kappa shape index (κ2) is 7.85. The molecule has 1 aromatic carbocycles. The smallest absolute Gasteiger partial charge is 0.329 e. The number of imide groups is 1. The summed E-state index contributed by atoms with van der Waals surface area (Å²) in [5, 5.41) is -0.499. The number of nitrogens with zero attached hydrogens (tertiary/aromatic N) is 1. The monoisotopic (exact) mass is 413 g/mol. The van der Waals surface area contributed by atoms with Crippen LogP contribution < -0.4 is 4.74 Å². The molecule has 0 spiro atoms. The molecular formula is C16H16BrNO5S. The van der Waals surface area contributed by atoms with Crippen molar-refractivity contribution in [1.82, 2.24) is 4.90 Å². The molecule has 1 aromatic rings. The summed E-state index contributed by atoms with van der Waals surface area (Å²) >= 11 is 4.14. The quantitative estimate of drug-likeness (QED) is 0.543. The average molecular weight is 414 g/mol. The normalized spacial score (nSPS) is 17.3. The highest BCUT2D eigenvalue weighted by Gasteiger charge is 2.41. The first kappa shape index (κ1) is 18.5. The number of carbonyl (C=O) groups is 3.